The van der Waals surface area contributed by atoms with Crippen LogP contribution in [-0.4, -0.2) is 39.4 Å². The zero-order valence-electron chi connectivity index (χ0n) is 24.0. The van der Waals surface area contributed by atoms with Gasteiger partial charge in [-0.25, -0.2) is 9.88 Å². The van der Waals surface area contributed by atoms with E-state index in [1.807, 2.05) is 36.4 Å². The van der Waals surface area contributed by atoms with Crippen LogP contribution in [0.2, 0.25) is 0 Å². The molecule has 1 fully saturated rings. The molecule has 3 aromatic rings. The zero-order valence-corrected chi connectivity index (χ0v) is 26.4. The van der Waals surface area contributed by atoms with E-state index in [2.05, 4.69) is 42.8 Å². The highest BCUT2D eigenvalue weighted by atomic mass is 79.9. The average molecular weight is 646 g/mol. The van der Waals surface area contributed by atoms with Crippen LogP contribution in [0.1, 0.15) is 56.0 Å². The summed E-state index contributed by atoms with van der Waals surface area (Å²) in [5.74, 6) is -0.539. The summed E-state index contributed by atoms with van der Waals surface area (Å²) in [7, 11) is 0. The third kappa shape index (κ3) is 6.45. The lowest BCUT2D eigenvalue weighted by molar-refractivity contribution is -0.136. The lowest BCUT2D eigenvalue weighted by Crippen LogP contribution is -2.45. The number of anilines is 1. The van der Waals surface area contributed by atoms with Crippen molar-refractivity contribution < 1.29 is 14.4 Å². The Morgan fingerprint density at radius 2 is 1.83 bits per heavy atom. The highest BCUT2D eigenvalue weighted by Gasteiger charge is 2.44. The van der Waals surface area contributed by atoms with Crippen molar-refractivity contribution in [3.8, 4) is 6.07 Å². The van der Waals surface area contributed by atoms with Crippen LogP contribution >= 0.6 is 27.7 Å². The minimum atomic E-state index is -0.921. The Morgan fingerprint density at radius 1 is 1.12 bits per heavy atom. The molecule has 1 aliphatic carbocycles. The van der Waals surface area contributed by atoms with Crippen LogP contribution in [-0.2, 0) is 33.8 Å². The number of thioether (sulfide) groups is 1. The Morgan fingerprint density at radius 3 is 2.50 bits per heavy atom. The summed E-state index contributed by atoms with van der Waals surface area (Å²) >= 11 is 4.60. The van der Waals surface area contributed by atoms with Crippen molar-refractivity contribution in [1.82, 2.24) is 9.88 Å². The van der Waals surface area contributed by atoms with Crippen molar-refractivity contribution in [3.63, 3.8) is 0 Å². The van der Waals surface area contributed by atoms with Gasteiger partial charge in [0.15, 0.2) is 0 Å². The number of nitriles is 1. The van der Waals surface area contributed by atoms with Gasteiger partial charge in [0.2, 0.25) is 11.8 Å². The highest BCUT2D eigenvalue weighted by molar-refractivity contribution is 9.10. The molecule has 42 heavy (non-hydrogen) atoms. The molecule has 1 aromatic heterocycles. The maximum absolute atomic E-state index is 13.8. The normalized spacial score (nSPS) is 18.5. The van der Waals surface area contributed by atoms with Crippen LogP contribution in [0, 0.1) is 22.7 Å². The Hall–Kier alpha value is -3.48. The Kier molecular flexibility index (Phi) is 8.86. The number of nitrogens with zero attached hydrogens (tertiary/aromatic N) is 4. The van der Waals surface area contributed by atoms with Crippen molar-refractivity contribution in [3.05, 3.63) is 87.5 Å². The van der Waals surface area contributed by atoms with Crippen molar-refractivity contribution in [2.75, 3.05) is 10.7 Å². The molecule has 9 heteroatoms. The van der Waals surface area contributed by atoms with Gasteiger partial charge in [-0.3, -0.25) is 14.4 Å². The van der Waals surface area contributed by atoms with Gasteiger partial charge in [0.1, 0.15) is 17.1 Å². The van der Waals surface area contributed by atoms with Gasteiger partial charge in [-0.05, 0) is 72.1 Å². The van der Waals surface area contributed by atoms with E-state index in [9.17, 15) is 19.6 Å². The van der Waals surface area contributed by atoms with E-state index in [0.717, 1.165) is 40.6 Å². The summed E-state index contributed by atoms with van der Waals surface area (Å²) in [5, 5.41) is 10.4. The zero-order chi connectivity index (χ0) is 30.0. The van der Waals surface area contributed by atoms with E-state index in [-0.39, 0.29) is 35.9 Å². The molecule has 0 bridgehead atoms. The number of amides is 3. The molecule has 216 valence electrons. The third-order valence-corrected chi connectivity index (χ3v) is 9.63. The van der Waals surface area contributed by atoms with Crippen molar-refractivity contribution in [1.29, 1.82) is 5.26 Å². The number of halogens is 1. The first-order valence-electron chi connectivity index (χ1n) is 14.1. The topological polar surface area (TPSA) is 94.4 Å². The van der Waals surface area contributed by atoms with Crippen LogP contribution in [0.25, 0.3) is 0 Å². The summed E-state index contributed by atoms with van der Waals surface area (Å²) in [6, 6.07) is 19.7. The second-order valence-corrected chi connectivity index (χ2v) is 13.8. The minimum absolute atomic E-state index is 0.00578. The van der Waals surface area contributed by atoms with E-state index in [1.54, 1.807) is 24.3 Å². The van der Waals surface area contributed by atoms with E-state index in [4.69, 9.17) is 4.98 Å². The molecule has 0 radical (unpaired) electrons. The summed E-state index contributed by atoms with van der Waals surface area (Å²) < 4.78 is 0.835. The molecular weight excluding hydrogens is 612 g/mol. The number of hydrogen-bond acceptors (Lipinski definition) is 6. The summed E-state index contributed by atoms with van der Waals surface area (Å²) in [4.78, 5) is 48.0. The number of rotatable bonds is 7. The average Bonchev–Trinajstić information content (AvgIpc) is 3.27. The number of fused-ring (bicyclic) bond motifs is 1. The van der Waals surface area contributed by atoms with Gasteiger partial charge in [0.05, 0.1) is 23.4 Å². The van der Waals surface area contributed by atoms with Crippen molar-refractivity contribution in [2.24, 2.45) is 11.3 Å². The van der Waals surface area contributed by atoms with Crippen LogP contribution in [0.3, 0.4) is 0 Å². The van der Waals surface area contributed by atoms with Crippen LogP contribution in [0.15, 0.2) is 70.2 Å². The second-order valence-electron chi connectivity index (χ2n) is 11.9. The summed E-state index contributed by atoms with van der Waals surface area (Å²) in [6.45, 7) is 6.94. The molecule has 3 amide bonds. The number of benzene rings is 2. The van der Waals surface area contributed by atoms with Crippen LogP contribution in [0.5, 0.6) is 0 Å². The molecule has 7 nitrogen and oxygen atoms in total. The van der Waals surface area contributed by atoms with E-state index < -0.39 is 11.9 Å². The largest absolute Gasteiger partial charge is 0.325 e. The monoisotopic (exact) mass is 644 g/mol. The molecule has 2 atom stereocenters. The van der Waals surface area contributed by atoms with Crippen molar-refractivity contribution >= 4 is 51.1 Å². The predicted molar refractivity (Wildman–Crippen MR) is 167 cm³/mol. The fourth-order valence-corrected chi connectivity index (χ4v) is 6.79. The fraction of sp³-hybridized carbons (Fsp3) is 0.364. The number of imide groups is 1. The molecular formula is C33H33BrN4O3S. The quantitative estimate of drug-likeness (QED) is 0.221. The molecule has 1 saturated heterocycles. The second kappa shape index (κ2) is 12.4. The number of hydrogen-bond donors (Lipinski definition) is 0. The van der Waals surface area contributed by atoms with Gasteiger partial charge in [0.25, 0.3) is 5.91 Å². The molecule has 0 N–H and O–H groups in total. The van der Waals surface area contributed by atoms with Gasteiger partial charge in [-0.1, -0.05) is 78.8 Å². The smallest absolute Gasteiger partial charge is 0.257 e. The van der Waals surface area contributed by atoms with Crippen LogP contribution < -0.4 is 4.90 Å². The number of carbonyl (C=O) groups excluding carboxylic acids is 3. The van der Waals surface area contributed by atoms with E-state index in [1.165, 1.54) is 21.6 Å². The standard InChI is InChI=1S/C33H33BrN4O3S/c1-33(2,3)24-9-14-27-22(16-24)15-23(18-35)31(36-27)42-20-30(40)37(19-21-7-5-4-6-8-21)28-17-29(39)38(32(28)41)26-12-10-25(34)11-13-26/h4-8,10-13,15,24,28H,9,14,16-17,19-20H2,1-3H3. The summed E-state index contributed by atoms with van der Waals surface area (Å²) in [5.41, 5.74) is 4.08. The Balaban J connectivity index is 1.37. The Labute approximate surface area is 259 Å². The van der Waals surface area contributed by atoms with Gasteiger partial charge < -0.3 is 4.90 Å². The fourth-order valence-electron chi connectivity index (χ4n) is 5.66. The molecule has 1 aliphatic heterocycles. The number of pyridine rings is 1. The SMILES string of the molecule is CC(C)(C)C1CCc2nc(SCC(=O)N(Cc3ccccc3)C3CC(=O)N(c4ccc(Br)cc4)C3=O)c(C#N)cc2C1. The van der Waals surface area contributed by atoms with Crippen LogP contribution in [0.4, 0.5) is 5.69 Å². The lowest BCUT2D eigenvalue weighted by Gasteiger charge is -2.34. The number of aryl methyl sites for hydroxylation is 1. The lowest BCUT2D eigenvalue weighted by atomic mass is 9.71. The molecule has 0 spiro atoms. The molecule has 2 unspecified atom stereocenters. The molecule has 2 aromatic carbocycles. The molecule has 5 rings (SSSR count). The number of carbonyl (C=O) groups is 3. The Bertz CT molecular complexity index is 1550. The van der Waals surface area contributed by atoms with Crippen molar-refractivity contribution in [2.45, 2.75) is 64.1 Å². The number of aromatic nitrogens is 1. The molecule has 2 aliphatic rings. The van der Waals surface area contributed by atoms with Gasteiger partial charge in [-0.2, -0.15) is 5.26 Å². The van der Waals surface area contributed by atoms with E-state index >= 15 is 0 Å². The maximum atomic E-state index is 13.8. The first-order valence-corrected chi connectivity index (χ1v) is 15.8. The van der Waals surface area contributed by atoms with E-state index in [0.29, 0.717) is 22.2 Å². The third-order valence-electron chi connectivity index (χ3n) is 8.13. The molecule has 0 saturated carbocycles. The predicted octanol–water partition coefficient (Wildman–Crippen LogP) is 6.32. The van der Waals surface area contributed by atoms with Gasteiger partial charge in [-0.15, -0.1) is 0 Å². The van der Waals surface area contributed by atoms with Gasteiger partial charge >= 0.3 is 0 Å². The molecule has 2 heterocycles. The maximum Gasteiger partial charge on any atom is 0.257 e. The minimum Gasteiger partial charge on any atom is -0.325 e. The first-order chi connectivity index (χ1) is 20.0. The van der Waals surface area contributed by atoms with Gasteiger partial charge in [0, 0.05) is 16.7 Å². The highest BCUT2D eigenvalue weighted by Crippen LogP contribution is 2.38. The summed E-state index contributed by atoms with van der Waals surface area (Å²) in [6.07, 6.45) is 2.68. The first kappa shape index (κ1) is 30.0.